The van der Waals surface area contributed by atoms with Crippen LogP contribution in [-0.2, 0) is 4.74 Å². The summed E-state index contributed by atoms with van der Waals surface area (Å²) in [5.74, 6) is 0. The van der Waals surface area contributed by atoms with Crippen LogP contribution in [0, 0.1) is 0 Å². The second-order valence-corrected chi connectivity index (χ2v) is 7.37. The molecule has 126 valence electrons. The van der Waals surface area contributed by atoms with E-state index in [1.165, 1.54) is 57.8 Å². The third kappa shape index (κ3) is 4.84. The first kappa shape index (κ1) is 16.5. The second-order valence-electron chi connectivity index (χ2n) is 7.01. The SMILES string of the molecule is ClC(=NC1CCC(N2CCOCC2)CC1)NC1CCCCC1. The summed E-state index contributed by atoms with van der Waals surface area (Å²) in [5.41, 5.74) is 0. The molecule has 0 spiro atoms. The molecule has 3 fully saturated rings. The Morgan fingerprint density at radius 1 is 0.955 bits per heavy atom. The van der Waals surface area contributed by atoms with Crippen LogP contribution in [0.3, 0.4) is 0 Å². The van der Waals surface area contributed by atoms with Gasteiger partial charge in [-0.05, 0) is 50.1 Å². The van der Waals surface area contributed by atoms with E-state index in [1.54, 1.807) is 0 Å². The zero-order valence-electron chi connectivity index (χ0n) is 13.6. The number of ether oxygens (including phenoxy) is 1. The second kappa shape index (κ2) is 8.51. The van der Waals surface area contributed by atoms with E-state index in [9.17, 15) is 0 Å². The van der Waals surface area contributed by atoms with Gasteiger partial charge in [-0.3, -0.25) is 9.89 Å². The summed E-state index contributed by atoms with van der Waals surface area (Å²) in [6, 6.07) is 1.70. The number of hydrogen-bond acceptors (Lipinski definition) is 3. The maximum absolute atomic E-state index is 6.34. The van der Waals surface area contributed by atoms with Gasteiger partial charge in [-0.15, -0.1) is 0 Å². The quantitative estimate of drug-likeness (QED) is 0.491. The topological polar surface area (TPSA) is 36.9 Å². The lowest BCUT2D eigenvalue weighted by Gasteiger charge is -2.38. The Kier molecular flexibility index (Phi) is 6.40. The highest BCUT2D eigenvalue weighted by molar-refractivity contribution is 6.64. The van der Waals surface area contributed by atoms with Gasteiger partial charge >= 0.3 is 0 Å². The van der Waals surface area contributed by atoms with Crippen molar-refractivity contribution in [1.29, 1.82) is 0 Å². The number of morpholine rings is 1. The molecule has 3 rings (SSSR count). The van der Waals surface area contributed by atoms with E-state index in [0.29, 0.717) is 17.4 Å². The lowest BCUT2D eigenvalue weighted by molar-refractivity contribution is 0.00754. The van der Waals surface area contributed by atoms with Crippen molar-refractivity contribution in [2.45, 2.75) is 75.9 Å². The van der Waals surface area contributed by atoms with E-state index in [2.05, 4.69) is 10.2 Å². The average Bonchev–Trinajstić information content (AvgIpc) is 2.57. The monoisotopic (exact) mass is 327 g/mol. The van der Waals surface area contributed by atoms with E-state index in [1.807, 2.05) is 0 Å². The first-order chi connectivity index (χ1) is 10.8. The summed E-state index contributed by atoms with van der Waals surface area (Å²) in [5, 5.41) is 4.08. The molecule has 2 aliphatic carbocycles. The Balaban J connectivity index is 1.41. The van der Waals surface area contributed by atoms with Crippen molar-refractivity contribution in [3.63, 3.8) is 0 Å². The van der Waals surface area contributed by atoms with Gasteiger partial charge < -0.3 is 10.1 Å². The highest BCUT2D eigenvalue weighted by atomic mass is 35.5. The van der Waals surface area contributed by atoms with Gasteiger partial charge in [0.25, 0.3) is 0 Å². The van der Waals surface area contributed by atoms with E-state index in [-0.39, 0.29) is 0 Å². The van der Waals surface area contributed by atoms with Crippen molar-refractivity contribution in [2.24, 2.45) is 4.99 Å². The molecular weight excluding hydrogens is 298 g/mol. The molecule has 0 atom stereocenters. The lowest BCUT2D eigenvalue weighted by Crippen LogP contribution is -2.45. The molecular formula is C17H30ClN3O. The van der Waals surface area contributed by atoms with Gasteiger partial charge in [-0.2, -0.15) is 0 Å². The molecule has 0 aromatic carbocycles. The Hall–Kier alpha value is -0.320. The first-order valence-corrected chi connectivity index (χ1v) is 9.50. The van der Waals surface area contributed by atoms with Crippen molar-refractivity contribution < 1.29 is 4.74 Å². The number of hydrogen-bond donors (Lipinski definition) is 1. The number of rotatable bonds is 3. The van der Waals surface area contributed by atoms with Gasteiger partial charge in [0, 0.05) is 25.2 Å². The zero-order chi connectivity index (χ0) is 15.2. The number of aliphatic imine (C=N–C) groups is 1. The first-order valence-electron chi connectivity index (χ1n) is 9.13. The van der Waals surface area contributed by atoms with Crippen LogP contribution >= 0.6 is 11.6 Å². The fourth-order valence-corrected chi connectivity index (χ4v) is 4.40. The molecule has 0 amide bonds. The van der Waals surface area contributed by atoms with E-state index >= 15 is 0 Å². The molecule has 0 radical (unpaired) electrons. The number of halogens is 1. The molecule has 0 unspecified atom stereocenters. The minimum Gasteiger partial charge on any atom is -0.379 e. The summed E-state index contributed by atoms with van der Waals surface area (Å²) in [6.45, 7) is 4.00. The molecule has 4 nitrogen and oxygen atoms in total. The third-order valence-electron chi connectivity index (χ3n) is 5.45. The number of amidine groups is 1. The van der Waals surface area contributed by atoms with Crippen molar-refractivity contribution >= 4 is 16.9 Å². The summed E-state index contributed by atoms with van der Waals surface area (Å²) in [7, 11) is 0. The van der Waals surface area contributed by atoms with Crippen LogP contribution in [-0.4, -0.2) is 54.6 Å². The minimum atomic E-state index is 0.417. The van der Waals surface area contributed by atoms with E-state index in [0.717, 1.165) is 32.3 Å². The molecule has 1 saturated heterocycles. The normalized spacial score (nSPS) is 32.9. The maximum Gasteiger partial charge on any atom is 0.191 e. The third-order valence-corrected chi connectivity index (χ3v) is 5.66. The van der Waals surface area contributed by atoms with Crippen LogP contribution in [0.5, 0.6) is 0 Å². The van der Waals surface area contributed by atoms with Gasteiger partial charge in [-0.1, -0.05) is 19.3 Å². The predicted molar refractivity (Wildman–Crippen MR) is 91.7 cm³/mol. The van der Waals surface area contributed by atoms with E-state index < -0.39 is 0 Å². The fraction of sp³-hybridized carbons (Fsp3) is 0.941. The van der Waals surface area contributed by atoms with Gasteiger partial charge in [-0.25, -0.2) is 0 Å². The van der Waals surface area contributed by atoms with Crippen LogP contribution in [0.1, 0.15) is 57.8 Å². The van der Waals surface area contributed by atoms with Gasteiger partial charge in [0.2, 0.25) is 0 Å². The molecule has 3 aliphatic rings. The van der Waals surface area contributed by atoms with Crippen molar-refractivity contribution in [1.82, 2.24) is 10.2 Å². The van der Waals surface area contributed by atoms with Crippen LogP contribution in [0.4, 0.5) is 0 Å². The van der Waals surface area contributed by atoms with Crippen molar-refractivity contribution in [3.8, 4) is 0 Å². The standard InChI is InChI=1S/C17H30ClN3O/c18-17(19-14-4-2-1-3-5-14)20-15-6-8-16(9-7-15)21-10-12-22-13-11-21/h14-16H,1-13H2,(H,19,20). The number of nitrogens with one attached hydrogen (secondary N) is 1. The smallest absolute Gasteiger partial charge is 0.191 e. The molecule has 0 aromatic heterocycles. The van der Waals surface area contributed by atoms with Crippen molar-refractivity contribution in [2.75, 3.05) is 26.3 Å². The highest BCUT2D eigenvalue weighted by Gasteiger charge is 2.27. The van der Waals surface area contributed by atoms with Crippen LogP contribution in [0.15, 0.2) is 4.99 Å². The molecule has 22 heavy (non-hydrogen) atoms. The van der Waals surface area contributed by atoms with Gasteiger partial charge in [0.05, 0.1) is 19.3 Å². The molecule has 5 heteroatoms. The Morgan fingerprint density at radius 2 is 1.64 bits per heavy atom. The van der Waals surface area contributed by atoms with Gasteiger partial charge in [0.1, 0.15) is 0 Å². The summed E-state index contributed by atoms with van der Waals surface area (Å²) in [6.07, 6.45) is 11.4. The largest absolute Gasteiger partial charge is 0.379 e. The summed E-state index contributed by atoms with van der Waals surface area (Å²) < 4.78 is 5.45. The minimum absolute atomic E-state index is 0.417. The molecule has 1 N–H and O–H groups in total. The predicted octanol–water partition coefficient (Wildman–Crippen LogP) is 3.15. The average molecular weight is 328 g/mol. The van der Waals surface area contributed by atoms with Crippen LogP contribution in [0.2, 0.25) is 0 Å². The molecule has 1 aliphatic heterocycles. The zero-order valence-corrected chi connectivity index (χ0v) is 14.4. The number of nitrogens with zero attached hydrogens (tertiary/aromatic N) is 2. The van der Waals surface area contributed by atoms with E-state index in [4.69, 9.17) is 21.3 Å². The molecule has 0 bridgehead atoms. The van der Waals surface area contributed by atoms with Crippen molar-refractivity contribution in [3.05, 3.63) is 0 Å². The van der Waals surface area contributed by atoms with Gasteiger partial charge in [0.15, 0.2) is 5.29 Å². The Labute approximate surface area is 139 Å². The van der Waals surface area contributed by atoms with Crippen LogP contribution < -0.4 is 5.32 Å². The summed E-state index contributed by atoms with van der Waals surface area (Å²) in [4.78, 5) is 7.34. The fourth-order valence-electron chi connectivity index (χ4n) is 4.11. The van der Waals surface area contributed by atoms with Crippen LogP contribution in [0.25, 0.3) is 0 Å². The molecule has 2 saturated carbocycles. The molecule has 1 heterocycles. The lowest BCUT2D eigenvalue weighted by atomic mass is 9.90. The maximum atomic E-state index is 6.34. The Bertz CT molecular complexity index is 357. The summed E-state index contributed by atoms with van der Waals surface area (Å²) >= 11 is 6.34. The Morgan fingerprint density at radius 3 is 2.32 bits per heavy atom. The molecule has 0 aromatic rings. The highest BCUT2D eigenvalue weighted by Crippen LogP contribution is 2.26.